The first-order valence-corrected chi connectivity index (χ1v) is 11.3. The minimum atomic E-state index is 0.0155. The predicted octanol–water partition coefficient (Wildman–Crippen LogP) is 5.28. The SMILES string of the molecule is COc1ccc(/C=C2\CN(c3ccccc3)C/C(=C\c3ccc(OC)c(OC)c3)C2=O)cc1OC. The average Bonchev–Trinajstić information content (AvgIpc) is 2.91. The third-order valence-electron chi connectivity index (χ3n) is 5.92. The Kier molecular flexibility index (Phi) is 7.41. The van der Waals surface area contributed by atoms with Gasteiger partial charge in [0.2, 0.25) is 0 Å². The summed E-state index contributed by atoms with van der Waals surface area (Å²) in [5.41, 5.74) is 4.17. The lowest BCUT2D eigenvalue weighted by Gasteiger charge is -2.31. The van der Waals surface area contributed by atoms with Crippen molar-refractivity contribution < 1.29 is 23.7 Å². The standard InChI is InChI=1S/C29H29NO5/c1-32-25-12-10-20(16-27(25)34-3)14-22-18-30(24-8-6-5-7-9-24)19-23(29(22)31)15-21-11-13-26(33-2)28(17-21)35-4/h5-17H,18-19H2,1-4H3/b22-14+,23-15+. The number of piperidine rings is 1. The van der Waals surface area contributed by atoms with E-state index in [0.717, 1.165) is 16.8 Å². The van der Waals surface area contributed by atoms with E-state index in [4.69, 9.17) is 18.9 Å². The van der Waals surface area contributed by atoms with Gasteiger partial charge in [-0.2, -0.15) is 0 Å². The van der Waals surface area contributed by atoms with Gasteiger partial charge in [-0.1, -0.05) is 30.3 Å². The van der Waals surface area contributed by atoms with Crippen molar-refractivity contribution in [3.63, 3.8) is 0 Å². The molecule has 6 nitrogen and oxygen atoms in total. The number of nitrogens with zero attached hydrogens (tertiary/aromatic N) is 1. The molecule has 1 aliphatic heterocycles. The van der Waals surface area contributed by atoms with Crippen molar-refractivity contribution in [2.75, 3.05) is 46.4 Å². The fraction of sp³-hybridized carbons (Fsp3) is 0.207. The van der Waals surface area contributed by atoms with Gasteiger partial charge in [-0.15, -0.1) is 0 Å². The van der Waals surface area contributed by atoms with Crippen molar-refractivity contribution in [3.05, 3.63) is 89.0 Å². The zero-order valence-electron chi connectivity index (χ0n) is 20.4. The van der Waals surface area contributed by atoms with Gasteiger partial charge in [-0.05, 0) is 59.7 Å². The van der Waals surface area contributed by atoms with E-state index in [2.05, 4.69) is 17.0 Å². The molecule has 0 unspecified atom stereocenters. The minimum absolute atomic E-state index is 0.0155. The summed E-state index contributed by atoms with van der Waals surface area (Å²) in [6, 6.07) is 21.4. The van der Waals surface area contributed by atoms with E-state index >= 15 is 0 Å². The monoisotopic (exact) mass is 471 g/mol. The maximum absolute atomic E-state index is 13.6. The molecular weight excluding hydrogens is 442 g/mol. The number of benzene rings is 3. The zero-order valence-corrected chi connectivity index (χ0v) is 20.4. The summed E-state index contributed by atoms with van der Waals surface area (Å²) in [6.45, 7) is 1.00. The molecule has 0 aromatic heterocycles. The number of hydrogen-bond donors (Lipinski definition) is 0. The summed E-state index contributed by atoms with van der Waals surface area (Å²) >= 11 is 0. The molecule has 0 N–H and O–H groups in total. The van der Waals surface area contributed by atoms with E-state index in [0.29, 0.717) is 47.2 Å². The molecule has 0 spiro atoms. The Bertz CT molecular complexity index is 1190. The van der Waals surface area contributed by atoms with E-state index in [-0.39, 0.29) is 5.78 Å². The van der Waals surface area contributed by atoms with Gasteiger partial charge >= 0.3 is 0 Å². The molecule has 1 saturated heterocycles. The van der Waals surface area contributed by atoms with Crippen LogP contribution < -0.4 is 23.8 Å². The Labute approximate surface area is 206 Å². The molecule has 3 aromatic rings. The number of para-hydroxylation sites is 1. The van der Waals surface area contributed by atoms with Crippen molar-refractivity contribution in [2.45, 2.75) is 0 Å². The molecule has 0 amide bonds. The number of hydrogen-bond acceptors (Lipinski definition) is 6. The van der Waals surface area contributed by atoms with Crippen LogP contribution in [0.15, 0.2) is 77.9 Å². The zero-order chi connectivity index (χ0) is 24.8. The molecule has 1 fully saturated rings. The van der Waals surface area contributed by atoms with E-state index in [1.165, 1.54) is 0 Å². The third-order valence-corrected chi connectivity index (χ3v) is 5.92. The molecule has 4 rings (SSSR count). The number of Topliss-reactive ketones (excluding diaryl/α,β-unsaturated/α-hetero) is 1. The van der Waals surface area contributed by atoms with Gasteiger partial charge in [0.15, 0.2) is 28.8 Å². The number of methoxy groups -OCH3 is 4. The van der Waals surface area contributed by atoms with Crippen LogP contribution in [-0.4, -0.2) is 47.3 Å². The van der Waals surface area contributed by atoms with E-state index in [9.17, 15) is 4.79 Å². The predicted molar refractivity (Wildman–Crippen MR) is 139 cm³/mol. The van der Waals surface area contributed by atoms with Crippen LogP contribution in [-0.2, 0) is 4.79 Å². The van der Waals surface area contributed by atoms with Crippen LogP contribution in [0.4, 0.5) is 5.69 Å². The molecule has 3 aromatic carbocycles. The van der Waals surface area contributed by atoms with Gasteiger partial charge in [0.25, 0.3) is 0 Å². The summed E-state index contributed by atoms with van der Waals surface area (Å²) in [5, 5.41) is 0. The second-order valence-electron chi connectivity index (χ2n) is 8.09. The second-order valence-corrected chi connectivity index (χ2v) is 8.09. The molecule has 1 heterocycles. The molecule has 0 radical (unpaired) electrons. The first kappa shape index (κ1) is 24.0. The highest BCUT2D eigenvalue weighted by molar-refractivity contribution is 6.15. The van der Waals surface area contributed by atoms with Gasteiger partial charge in [-0.3, -0.25) is 4.79 Å². The van der Waals surface area contributed by atoms with Crippen molar-refractivity contribution in [2.24, 2.45) is 0 Å². The molecule has 35 heavy (non-hydrogen) atoms. The van der Waals surface area contributed by atoms with Gasteiger partial charge < -0.3 is 23.8 Å². The Morgan fingerprint density at radius 1 is 0.629 bits per heavy atom. The van der Waals surface area contributed by atoms with Crippen molar-refractivity contribution in [3.8, 4) is 23.0 Å². The number of carbonyl (C=O) groups excluding carboxylic acids is 1. The fourth-order valence-corrected chi connectivity index (χ4v) is 4.15. The number of anilines is 1. The van der Waals surface area contributed by atoms with Crippen molar-refractivity contribution in [1.29, 1.82) is 0 Å². The van der Waals surface area contributed by atoms with E-state index in [1.54, 1.807) is 28.4 Å². The minimum Gasteiger partial charge on any atom is -0.493 e. The van der Waals surface area contributed by atoms with Crippen LogP contribution in [0.3, 0.4) is 0 Å². The Morgan fingerprint density at radius 2 is 1.09 bits per heavy atom. The first-order valence-electron chi connectivity index (χ1n) is 11.3. The summed E-state index contributed by atoms with van der Waals surface area (Å²) < 4.78 is 21.6. The van der Waals surface area contributed by atoms with E-state index in [1.807, 2.05) is 66.7 Å². The average molecular weight is 472 g/mol. The number of ether oxygens (including phenoxy) is 4. The van der Waals surface area contributed by atoms with Crippen LogP contribution >= 0.6 is 0 Å². The highest BCUT2D eigenvalue weighted by Crippen LogP contribution is 2.32. The molecule has 0 aliphatic carbocycles. The molecule has 6 heteroatoms. The quantitative estimate of drug-likeness (QED) is 0.437. The summed E-state index contributed by atoms with van der Waals surface area (Å²) in [5.74, 6) is 2.54. The van der Waals surface area contributed by atoms with Gasteiger partial charge in [0, 0.05) is 29.9 Å². The molecule has 1 aliphatic rings. The lowest BCUT2D eigenvalue weighted by Crippen LogP contribution is -2.37. The van der Waals surface area contributed by atoms with Crippen LogP contribution in [0, 0.1) is 0 Å². The Morgan fingerprint density at radius 3 is 1.51 bits per heavy atom. The lowest BCUT2D eigenvalue weighted by atomic mass is 9.93. The summed E-state index contributed by atoms with van der Waals surface area (Å²) in [7, 11) is 6.40. The topological polar surface area (TPSA) is 57.2 Å². The largest absolute Gasteiger partial charge is 0.493 e. The first-order chi connectivity index (χ1) is 17.1. The molecular formula is C29H29NO5. The molecule has 0 bridgehead atoms. The number of ketones is 1. The highest BCUT2D eigenvalue weighted by atomic mass is 16.5. The van der Waals surface area contributed by atoms with Crippen LogP contribution in [0.25, 0.3) is 12.2 Å². The maximum Gasteiger partial charge on any atom is 0.188 e. The van der Waals surface area contributed by atoms with Crippen molar-refractivity contribution >= 4 is 23.6 Å². The normalized spacial score (nSPS) is 15.9. The fourth-order valence-electron chi connectivity index (χ4n) is 4.15. The Hall–Kier alpha value is -4.19. The Balaban J connectivity index is 1.75. The van der Waals surface area contributed by atoms with E-state index < -0.39 is 0 Å². The number of rotatable bonds is 7. The third kappa shape index (κ3) is 5.32. The molecule has 180 valence electrons. The number of carbonyl (C=O) groups is 1. The van der Waals surface area contributed by atoms with Gasteiger partial charge in [0.05, 0.1) is 28.4 Å². The second kappa shape index (κ2) is 10.8. The lowest BCUT2D eigenvalue weighted by molar-refractivity contribution is -0.112. The van der Waals surface area contributed by atoms with Crippen LogP contribution in [0.2, 0.25) is 0 Å². The van der Waals surface area contributed by atoms with Crippen molar-refractivity contribution in [1.82, 2.24) is 0 Å². The van der Waals surface area contributed by atoms with Crippen LogP contribution in [0.5, 0.6) is 23.0 Å². The van der Waals surface area contributed by atoms with Gasteiger partial charge in [-0.25, -0.2) is 0 Å². The van der Waals surface area contributed by atoms with Gasteiger partial charge in [0.1, 0.15) is 0 Å². The van der Waals surface area contributed by atoms with Crippen LogP contribution in [0.1, 0.15) is 11.1 Å². The summed E-state index contributed by atoms with van der Waals surface area (Å²) in [4.78, 5) is 15.8. The summed E-state index contributed by atoms with van der Waals surface area (Å²) in [6.07, 6.45) is 3.84. The molecule has 0 saturated carbocycles. The highest BCUT2D eigenvalue weighted by Gasteiger charge is 2.26. The maximum atomic E-state index is 13.6. The smallest absolute Gasteiger partial charge is 0.188 e. The molecule has 0 atom stereocenters.